The van der Waals surface area contributed by atoms with Gasteiger partial charge in [0.05, 0.1) is 0 Å². The van der Waals surface area contributed by atoms with Crippen LogP contribution in [-0.4, -0.2) is 31.1 Å². The van der Waals surface area contributed by atoms with Gasteiger partial charge in [-0.3, -0.25) is 0 Å². The zero-order chi connectivity index (χ0) is 13.9. The molecule has 2 rings (SSSR count). The van der Waals surface area contributed by atoms with Crippen LogP contribution in [0.3, 0.4) is 0 Å². The van der Waals surface area contributed by atoms with Crippen LogP contribution in [0.5, 0.6) is 0 Å². The number of piperidine rings is 1. The maximum atomic E-state index is 5.93. The number of benzene rings is 1. The first kappa shape index (κ1) is 14.5. The minimum atomic E-state index is 0.377. The Hall–Kier alpha value is -0.860. The van der Waals surface area contributed by atoms with Crippen molar-refractivity contribution >= 4 is 0 Å². The second-order valence-corrected chi connectivity index (χ2v) is 6.46. The molecule has 3 atom stereocenters. The van der Waals surface area contributed by atoms with Gasteiger partial charge in [-0.2, -0.15) is 0 Å². The molecule has 0 aliphatic carbocycles. The summed E-state index contributed by atoms with van der Waals surface area (Å²) in [6, 6.07) is 11.6. The van der Waals surface area contributed by atoms with E-state index in [1.165, 1.54) is 24.9 Å². The van der Waals surface area contributed by atoms with Crippen LogP contribution in [0.4, 0.5) is 0 Å². The van der Waals surface area contributed by atoms with Crippen LogP contribution < -0.4 is 5.73 Å². The van der Waals surface area contributed by atoms with Crippen LogP contribution >= 0.6 is 0 Å². The van der Waals surface area contributed by atoms with Gasteiger partial charge in [-0.15, -0.1) is 0 Å². The van der Waals surface area contributed by atoms with E-state index in [4.69, 9.17) is 5.73 Å². The molecular formula is C17H28N2. The van der Waals surface area contributed by atoms with Gasteiger partial charge in [-0.1, -0.05) is 37.3 Å². The molecule has 19 heavy (non-hydrogen) atoms. The Balaban J connectivity index is 2.21. The van der Waals surface area contributed by atoms with Gasteiger partial charge in [0.15, 0.2) is 0 Å². The second-order valence-electron chi connectivity index (χ2n) is 6.46. The van der Waals surface area contributed by atoms with Crippen molar-refractivity contribution in [3.05, 3.63) is 35.9 Å². The van der Waals surface area contributed by atoms with Crippen LogP contribution in [0, 0.1) is 11.3 Å². The van der Waals surface area contributed by atoms with Crippen LogP contribution in [0.2, 0.25) is 0 Å². The third-order valence-electron chi connectivity index (χ3n) is 5.10. The molecular weight excluding hydrogens is 232 g/mol. The lowest BCUT2D eigenvalue weighted by atomic mass is 9.64. The average Bonchev–Trinajstić information content (AvgIpc) is 2.38. The smallest absolute Gasteiger partial charge is 0.00695 e. The van der Waals surface area contributed by atoms with Crippen molar-refractivity contribution < 1.29 is 0 Å². The summed E-state index contributed by atoms with van der Waals surface area (Å²) in [5, 5.41) is 0. The fraction of sp³-hybridized carbons (Fsp3) is 0.647. The average molecular weight is 260 g/mol. The molecule has 1 saturated heterocycles. The molecule has 2 heteroatoms. The Morgan fingerprint density at radius 1 is 1.26 bits per heavy atom. The Bertz CT molecular complexity index is 390. The first-order valence-electron chi connectivity index (χ1n) is 7.51. The van der Waals surface area contributed by atoms with Gasteiger partial charge in [0.25, 0.3) is 0 Å². The zero-order valence-electron chi connectivity index (χ0n) is 12.6. The molecule has 2 N–H and O–H groups in total. The number of likely N-dealkylation sites (tertiary alicyclic amines) is 1. The predicted octanol–water partition coefficient (Wildman–Crippen LogP) is 2.92. The van der Waals surface area contributed by atoms with Crippen molar-refractivity contribution in [2.75, 3.05) is 20.1 Å². The van der Waals surface area contributed by atoms with E-state index >= 15 is 0 Å². The Morgan fingerprint density at radius 2 is 1.95 bits per heavy atom. The molecule has 1 fully saturated rings. The van der Waals surface area contributed by atoms with Gasteiger partial charge in [0.2, 0.25) is 0 Å². The standard InChI is InChI=1S/C17H28N2/c1-14-13-19(3)15(2)11-17(14,9-10-18)12-16-7-5-4-6-8-16/h4-8,14-15H,9-13,18H2,1-3H3/t14-,15+,17-/m1/s1. The summed E-state index contributed by atoms with van der Waals surface area (Å²) < 4.78 is 0. The van der Waals surface area contributed by atoms with Crippen molar-refractivity contribution in [3.8, 4) is 0 Å². The highest BCUT2D eigenvalue weighted by Gasteiger charge is 2.41. The van der Waals surface area contributed by atoms with Crippen LogP contribution in [0.25, 0.3) is 0 Å². The normalized spacial score (nSPS) is 32.4. The van der Waals surface area contributed by atoms with E-state index in [0.29, 0.717) is 17.4 Å². The molecule has 1 aliphatic rings. The lowest BCUT2D eigenvalue weighted by Crippen LogP contribution is -2.50. The number of rotatable bonds is 4. The summed E-state index contributed by atoms with van der Waals surface area (Å²) in [4.78, 5) is 2.49. The highest BCUT2D eigenvalue weighted by Crippen LogP contribution is 2.44. The highest BCUT2D eigenvalue weighted by molar-refractivity contribution is 5.17. The van der Waals surface area contributed by atoms with E-state index < -0.39 is 0 Å². The molecule has 1 aromatic carbocycles. The molecule has 0 bridgehead atoms. The van der Waals surface area contributed by atoms with Crippen molar-refractivity contribution in [2.45, 2.75) is 39.2 Å². The zero-order valence-corrected chi connectivity index (χ0v) is 12.6. The summed E-state index contributed by atoms with van der Waals surface area (Å²) in [6.45, 7) is 6.74. The topological polar surface area (TPSA) is 29.3 Å². The minimum Gasteiger partial charge on any atom is -0.330 e. The fourth-order valence-electron chi connectivity index (χ4n) is 3.72. The third-order valence-corrected chi connectivity index (χ3v) is 5.10. The molecule has 0 amide bonds. The molecule has 0 spiro atoms. The fourth-order valence-corrected chi connectivity index (χ4v) is 3.72. The molecule has 2 nitrogen and oxygen atoms in total. The molecule has 106 valence electrons. The van der Waals surface area contributed by atoms with Gasteiger partial charge < -0.3 is 10.6 Å². The summed E-state index contributed by atoms with van der Waals surface area (Å²) in [7, 11) is 2.25. The molecule has 0 unspecified atom stereocenters. The van der Waals surface area contributed by atoms with Gasteiger partial charge in [-0.05, 0) is 56.7 Å². The van der Waals surface area contributed by atoms with Gasteiger partial charge in [0.1, 0.15) is 0 Å². The van der Waals surface area contributed by atoms with Crippen LogP contribution in [0.1, 0.15) is 32.3 Å². The van der Waals surface area contributed by atoms with Crippen molar-refractivity contribution in [1.29, 1.82) is 0 Å². The number of hydrogen-bond donors (Lipinski definition) is 1. The quantitative estimate of drug-likeness (QED) is 0.902. The van der Waals surface area contributed by atoms with Gasteiger partial charge >= 0.3 is 0 Å². The maximum absolute atomic E-state index is 5.93. The first-order chi connectivity index (χ1) is 9.07. The Kier molecular flexibility index (Phi) is 4.64. The summed E-state index contributed by atoms with van der Waals surface area (Å²) in [6.07, 6.45) is 3.57. The van der Waals surface area contributed by atoms with Crippen molar-refractivity contribution in [1.82, 2.24) is 4.90 Å². The van der Waals surface area contributed by atoms with Gasteiger partial charge in [-0.25, -0.2) is 0 Å². The third kappa shape index (κ3) is 3.18. The predicted molar refractivity (Wildman–Crippen MR) is 82.1 cm³/mol. The number of nitrogens with zero attached hydrogens (tertiary/aromatic N) is 1. The SMILES string of the molecule is C[C@@H]1CN(C)[C@@H](C)C[C@]1(CCN)Cc1ccccc1. The van der Waals surface area contributed by atoms with E-state index in [2.05, 4.69) is 56.1 Å². The van der Waals surface area contributed by atoms with E-state index in [-0.39, 0.29) is 0 Å². The largest absolute Gasteiger partial charge is 0.330 e. The Labute approximate surface area is 118 Å². The molecule has 0 aromatic heterocycles. The molecule has 0 radical (unpaired) electrons. The maximum Gasteiger partial charge on any atom is 0.00695 e. The number of hydrogen-bond acceptors (Lipinski definition) is 2. The van der Waals surface area contributed by atoms with Crippen LogP contribution in [-0.2, 0) is 6.42 Å². The molecule has 1 aromatic rings. The van der Waals surface area contributed by atoms with E-state index in [0.717, 1.165) is 13.0 Å². The van der Waals surface area contributed by atoms with Crippen molar-refractivity contribution in [3.63, 3.8) is 0 Å². The second kappa shape index (κ2) is 6.06. The van der Waals surface area contributed by atoms with Crippen LogP contribution in [0.15, 0.2) is 30.3 Å². The first-order valence-corrected chi connectivity index (χ1v) is 7.51. The minimum absolute atomic E-state index is 0.377. The lowest BCUT2D eigenvalue weighted by Gasteiger charge is -2.49. The summed E-state index contributed by atoms with van der Waals surface area (Å²) >= 11 is 0. The molecule has 1 heterocycles. The molecule has 0 saturated carbocycles. The lowest BCUT2D eigenvalue weighted by molar-refractivity contribution is 0.0148. The summed E-state index contributed by atoms with van der Waals surface area (Å²) in [5.74, 6) is 0.706. The van der Waals surface area contributed by atoms with Crippen molar-refractivity contribution in [2.24, 2.45) is 17.1 Å². The van der Waals surface area contributed by atoms with E-state index in [1.54, 1.807) is 0 Å². The number of nitrogens with two attached hydrogens (primary N) is 1. The summed E-state index contributed by atoms with van der Waals surface area (Å²) in [5.41, 5.74) is 7.76. The Morgan fingerprint density at radius 3 is 2.58 bits per heavy atom. The van der Waals surface area contributed by atoms with E-state index in [9.17, 15) is 0 Å². The van der Waals surface area contributed by atoms with Gasteiger partial charge in [0, 0.05) is 12.6 Å². The van der Waals surface area contributed by atoms with E-state index in [1.807, 2.05) is 0 Å². The molecule has 1 aliphatic heterocycles. The highest BCUT2D eigenvalue weighted by atomic mass is 15.1. The monoisotopic (exact) mass is 260 g/mol.